The first kappa shape index (κ1) is 39.8. The van der Waals surface area contributed by atoms with Crippen molar-refractivity contribution >= 4 is 57.6 Å². The molecule has 0 atom stereocenters. The number of aromatic amines is 1. The fourth-order valence-electron chi connectivity index (χ4n) is 8.67. The number of hydrazine groups is 1. The number of alkyl halides is 1. The van der Waals surface area contributed by atoms with E-state index in [1.165, 1.54) is 12.1 Å². The van der Waals surface area contributed by atoms with Crippen LogP contribution in [-0.4, -0.2) is 118 Å². The zero-order valence-electron chi connectivity index (χ0n) is 33.1. The number of nitrogens with zero attached hydrogens (tertiary/aromatic N) is 6. The molecule has 4 aromatic carbocycles. The van der Waals surface area contributed by atoms with Crippen LogP contribution >= 0.6 is 0 Å². The summed E-state index contributed by atoms with van der Waals surface area (Å²) < 4.78 is 41.0. The number of piperidine rings is 1. The molecule has 0 radical (unpaired) electrons. The zero-order valence-corrected chi connectivity index (χ0v) is 33.1. The predicted octanol–water partition coefficient (Wildman–Crippen LogP) is 5.12. The minimum Gasteiger partial charge on any atom is -0.382 e. The van der Waals surface area contributed by atoms with Gasteiger partial charge in [0.15, 0.2) is 5.82 Å². The highest BCUT2D eigenvalue weighted by Crippen LogP contribution is 2.31. The first-order valence-electron chi connectivity index (χ1n) is 20.3. The van der Waals surface area contributed by atoms with Gasteiger partial charge in [-0.15, -0.1) is 0 Å². The molecule has 3 N–H and O–H groups in total. The molecule has 5 heterocycles. The number of H-pyrrole nitrogens is 1. The van der Waals surface area contributed by atoms with Crippen LogP contribution in [0.5, 0.6) is 0 Å². The summed E-state index contributed by atoms with van der Waals surface area (Å²) in [5.74, 6) is -3.89. The van der Waals surface area contributed by atoms with Crippen molar-refractivity contribution in [3.63, 3.8) is 0 Å². The highest BCUT2D eigenvalue weighted by molar-refractivity contribution is 6.23. The fourth-order valence-corrected chi connectivity index (χ4v) is 8.67. The molecule has 314 valence electrons. The van der Waals surface area contributed by atoms with Gasteiger partial charge in [-0.25, -0.2) is 13.2 Å². The number of rotatable bonds is 12. The Balaban J connectivity index is 0.799. The van der Waals surface area contributed by atoms with Crippen molar-refractivity contribution in [3.8, 4) is 0 Å². The quantitative estimate of drug-likeness (QED) is 0.144. The second-order valence-corrected chi connectivity index (χ2v) is 15.8. The molecule has 17 heteroatoms. The van der Waals surface area contributed by atoms with Crippen LogP contribution in [0.4, 0.5) is 30.4 Å². The maximum atomic E-state index is 13.8. The van der Waals surface area contributed by atoms with Crippen molar-refractivity contribution in [2.45, 2.75) is 38.3 Å². The van der Waals surface area contributed by atoms with Gasteiger partial charge < -0.3 is 15.5 Å². The number of halogens is 3. The van der Waals surface area contributed by atoms with E-state index in [1.807, 2.05) is 30.3 Å². The number of hydrogen-bond donors (Lipinski definition) is 3. The number of imide groups is 2. The third-order valence-electron chi connectivity index (χ3n) is 11.8. The van der Waals surface area contributed by atoms with Gasteiger partial charge in [0.1, 0.15) is 18.3 Å². The number of piperazine rings is 1. The highest BCUT2D eigenvalue weighted by Gasteiger charge is 2.45. The summed E-state index contributed by atoms with van der Waals surface area (Å²) in [6.07, 6.45) is 0.882. The van der Waals surface area contributed by atoms with Crippen molar-refractivity contribution in [3.05, 3.63) is 118 Å². The maximum absolute atomic E-state index is 13.8. The van der Waals surface area contributed by atoms with E-state index < -0.39 is 47.8 Å². The molecular weight excluding hydrogens is 792 g/mol. The first-order valence-corrected chi connectivity index (χ1v) is 20.3. The number of hydrogen-bond acceptors (Lipinski definition) is 10. The van der Waals surface area contributed by atoms with Crippen LogP contribution in [0.3, 0.4) is 0 Å². The lowest BCUT2D eigenvalue weighted by Crippen LogP contribution is -2.62. The minimum atomic E-state index is -0.664. The monoisotopic (exact) mass is 833 g/mol. The molecular formula is C44H42F3N9O5. The number of nitrogens with one attached hydrogen (secondary N) is 3. The third kappa shape index (κ3) is 7.93. The standard InChI is InChI=1S/C44H42F3N9O5/c45-10-11-48-38-22-31(6-8-34(38)42(59)49-41-36-19-26(5-9-37(36)50-51-41)16-28-17-29(46)21-30(47)18-28)53-12-14-54(15-13-53)32-24-52(25-32)23-27-4-7-33-35(20-27)44(61)56(43(33)60)55-39(57)2-1-3-40(55)58/h4-9,17-22,32,48H,1-3,10-16,23-25H2,(H2,49,50,51,59). The van der Waals surface area contributed by atoms with Crippen LogP contribution in [0.25, 0.3) is 10.9 Å². The normalized spacial score (nSPS) is 17.7. The molecule has 5 aromatic rings. The summed E-state index contributed by atoms with van der Waals surface area (Å²) in [4.78, 5) is 71.9. The van der Waals surface area contributed by atoms with E-state index >= 15 is 0 Å². The SMILES string of the molecule is O=C(Nc1n[nH]c2ccc(Cc3cc(F)cc(F)c3)cc12)c1ccc(N2CCN(C3CN(Cc4ccc5c(c4)C(=O)N(N4C(=O)CCCC4=O)C5=O)C3)CC2)cc1NCCF. The van der Waals surface area contributed by atoms with E-state index in [4.69, 9.17) is 0 Å². The Morgan fingerprint density at radius 3 is 2.23 bits per heavy atom. The summed E-state index contributed by atoms with van der Waals surface area (Å²) in [5.41, 5.74) is 4.84. The van der Waals surface area contributed by atoms with Gasteiger partial charge in [0.05, 0.1) is 22.2 Å². The van der Waals surface area contributed by atoms with E-state index in [1.54, 1.807) is 24.3 Å². The predicted molar refractivity (Wildman–Crippen MR) is 220 cm³/mol. The summed E-state index contributed by atoms with van der Waals surface area (Å²) in [6.45, 7) is 4.74. The molecule has 3 saturated heterocycles. The van der Waals surface area contributed by atoms with Gasteiger partial charge >= 0.3 is 0 Å². The summed E-state index contributed by atoms with van der Waals surface area (Å²) in [6, 6.07) is 19.7. The molecule has 1 aromatic heterocycles. The highest BCUT2D eigenvalue weighted by atomic mass is 19.1. The van der Waals surface area contributed by atoms with Crippen molar-refractivity contribution in [2.75, 3.05) is 68.0 Å². The number of likely N-dealkylation sites (tertiary alicyclic amines) is 1. The van der Waals surface area contributed by atoms with Gasteiger partial charge in [-0.1, -0.05) is 12.1 Å². The Bertz CT molecular complexity index is 2550. The Hall–Kier alpha value is -6.59. The number of amides is 5. The molecule has 14 nitrogen and oxygen atoms in total. The average Bonchev–Trinajstić information content (AvgIpc) is 3.73. The molecule has 9 rings (SSSR count). The van der Waals surface area contributed by atoms with Gasteiger partial charge in [0.25, 0.3) is 17.7 Å². The number of benzene rings is 4. The number of carbonyl (C=O) groups is 5. The average molecular weight is 834 g/mol. The third-order valence-corrected chi connectivity index (χ3v) is 11.8. The molecule has 0 spiro atoms. The van der Waals surface area contributed by atoms with Crippen LogP contribution in [0.1, 0.15) is 67.0 Å². The van der Waals surface area contributed by atoms with Gasteiger partial charge in [0.2, 0.25) is 11.8 Å². The van der Waals surface area contributed by atoms with Gasteiger partial charge in [0, 0.05) is 94.1 Å². The topological polar surface area (TPSA) is 154 Å². The Labute approximate surface area is 348 Å². The van der Waals surface area contributed by atoms with Crippen molar-refractivity contribution in [2.24, 2.45) is 0 Å². The zero-order chi connectivity index (χ0) is 42.4. The molecule has 0 unspecified atom stereocenters. The van der Waals surface area contributed by atoms with E-state index in [9.17, 15) is 37.1 Å². The largest absolute Gasteiger partial charge is 0.382 e. The minimum absolute atomic E-state index is 0.0179. The second-order valence-electron chi connectivity index (χ2n) is 15.8. The van der Waals surface area contributed by atoms with E-state index in [0.29, 0.717) is 56.7 Å². The van der Waals surface area contributed by atoms with Crippen LogP contribution in [-0.2, 0) is 22.6 Å². The molecule has 61 heavy (non-hydrogen) atoms. The van der Waals surface area contributed by atoms with Crippen LogP contribution in [0.2, 0.25) is 0 Å². The Kier molecular flexibility index (Phi) is 10.8. The number of fused-ring (bicyclic) bond motifs is 2. The lowest BCUT2D eigenvalue weighted by molar-refractivity contribution is -0.160. The number of anilines is 3. The van der Waals surface area contributed by atoms with E-state index in [-0.39, 0.29) is 42.8 Å². The molecule has 5 amide bonds. The van der Waals surface area contributed by atoms with E-state index in [2.05, 4.69) is 35.5 Å². The number of aromatic nitrogens is 2. The fraction of sp³-hybridized carbons (Fsp3) is 0.318. The van der Waals surface area contributed by atoms with Gasteiger partial charge in [-0.3, -0.25) is 38.9 Å². The van der Waals surface area contributed by atoms with E-state index in [0.717, 1.165) is 62.1 Å². The maximum Gasteiger partial charge on any atom is 0.281 e. The molecule has 3 fully saturated rings. The smallest absolute Gasteiger partial charge is 0.281 e. The lowest BCUT2D eigenvalue weighted by Gasteiger charge is -2.48. The molecule has 4 aliphatic heterocycles. The summed E-state index contributed by atoms with van der Waals surface area (Å²) >= 11 is 0. The lowest BCUT2D eigenvalue weighted by atomic mass is 10.0. The van der Waals surface area contributed by atoms with Crippen molar-refractivity contribution in [1.82, 2.24) is 30.0 Å². The first-order chi connectivity index (χ1) is 29.5. The molecule has 0 bridgehead atoms. The number of carbonyl (C=O) groups excluding carboxylic acids is 5. The summed E-state index contributed by atoms with van der Waals surface area (Å²) in [5, 5.41) is 15.2. The molecule has 0 aliphatic carbocycles. The Morgan fingerprint density at radius 1 is 0.770 bits per heavy atom. The molecule has 4 aliphatic rings. The van der Waals surface area contributed by atoms with Crippen LogP contribution in [0, 0.1) is 11.6 Å². The van der Waals surface area contributed by atoms with Crippen molar-refractivity contribution < 1.29 is 37.1 Å². The second kappa shape index (κ2) is 16.5. The van der Waals surface area contributed by atoms with Crippen molar-refractivity contribution in [1.29, 1.82) is 0 Å². The van der Waals surface area contributed by atoms with Crippen LogP contribution in [0.15, 0.2) is 72.8 Å². The van der Waals surface area contributed by atoms with Gasteiger partial charge in [-0.2, -0.15) is 15.1 Å². The Morgan fingerprint density at radius 2 is 1.49 bits per heavy atom. The van der Waals surface area contributed by atoms with Crippen LogP contribution < -0.4 is 15.5 Å². The van der Waals surface area contributed by atoms with Gasteiger partial charge in [-0.05, 0) is 84.1 Å². The molecule has 0 saturated carbocycles. The summed E-state index contributed by atoms with van der Waals surface area (Å²) in [7, 11) is 0.